The fraction of sp³-hybridized carbons (Fsp3) is 0.500. The van der Waals surface area contributed by atoms with E-state index in [-0.39, 0.29) is 160 Å². The third-order valence-corrected chi connectivity index (χ3v) is 13.0. The van der Waals surface area contributed by atoms with Crippen LogP contribution in [0.2, 0.25) is 0 Å². The molecule has 6 aromatic rings. The van der Waals surface area contributed by atoms with Crippen LogP contribution in [0.4, 0.5) is 8.78 Å². The van der Waals surface area contributed by atoms with Gasteiger partial charge in [0.15, 0.2) is 0 Å². The molecule has 0 spiro atoms. The number of hydrogen-bond donors (Lipinski definition) is 4. The number of para-hydroxylation sites is 4. The average Bonchev–Trinajstić information content (AvgIpc) is 1.14. The number of rotatable bonds is 22. The summed E-state index contributed by atoms with van der Waals surface area (Å²) in [6, 6.07) is 23.3. The van der Waals surface area contributed by atoms with E-state index in [1.807, 2.05) is 88.2 Å². The molecule has 4 N–H and O–H groups in total. The molecular formula is C58H77ClF2K2N6O9. The Morgan fingerprint density at radius 3 is 1.82 bits per heavy atom. The van der Waals surface area contributed by atoms with Crippen LogP contribution in [0, 0.1) is 23.5 Å². The number of hydrogen-bond acceptors (Lipinski definition) is 13. The molecule has 416 valence electrons. The van der Waals surface area contributed by atoms with Crippen molar-refractivity contribution < 1.29 is 168 Å². The summed E-state index contributed by atoms with van der Waals surface area (Å²) in [5, 5.41) is 23.1. The van der Waals surface area contributed by atoms with Crippen LogP contribution in [0.3, 0.4) is 0 Å². The van der Waals surface area contributed by atoms with Crippen molar-refractivity contribution in [3.8, 4) is 0 Å². The Bertz CT molecular complexity index is 3090. The number of nitrogens with zero attached hydrogens (tertiary/aromatic N) is 3. The molecule has 15 nitrogen and oxygen atoms in total. The summed E-state index contributed by atoms with van der Waals surface area (Å²) < 4.78 is 114. The van der Waals surface area contributed by atoms with Crippen LogP contribution in [-0.2, 0) is 59.1 Å². The number of fused-ring (bicyclic) bond motifs is 4. The summed E-state index contributed by atoms with van der Waals surface area (Å²) in [7, 11) is 4.67. The number of aromatic nitrogens is 4. The maximum atomic E-state index is 14.2. The van der Waals surface area contributed by atoms with Gasteiger partial charge in [0.25, 0.3) is 6.47 Å². The quantitative estimate of drug-likeness (QED) is 0.0147. The largest absolute Gasteiger partial charge is 1.00 e. The summed E-state index contributed by atoms with van der Waals surface area (Å²) in [6.45, 7) is 8.92. The number of carbonyl (C=O) groups excluding carboxylic acids is 3. The van der Waals surface area contributed by atoms with Gasteiger partial charge in [0.1, 0.15) is 42.1 Å². The van der Waals surface area contributed by atoms with Crippen LogP contribution in [-0.4, -0.2) is 119 Å². The van der Waals surface area contributed by atoms with E-state index in [4.69, 9.17) is 42.1 Å². The summed E-state index contributed by atoms with van der Waals surface area (Å²) in [5.41, 5.74) is 0.882. The van der Waals surface area contributed by atoms with E-state index in [0.29, 0.717) is 30.6 Å². The van der Waals surface area contributed by atoms with Crippen molar-refractivity contribution in [2.75, 3.05) is 60.7 Å². The minimum atomic E-state index is -2.67. The van der Waals surface area contributed by atoms with Crippen molar-refractivity contribution in [3.63, 3.8) is 0 Å². The molecule has 20 heteroatoms. The second-order valence-electron chi connectivity index (χ2n) is 19.3. The van der Waals surface area contributed by atoms with Crippen LogP contribution in [0.25, 0.3) is 22.1 Å². The number of aryl methyl sites for hydroxylation is 4. The third kappa shape index (κ3) is 21.1. The maximum absolute atomic E-state index is 14.2. The number of benzene rings is 4. The Balaban J connectivity index is 0.000000500. The SMILES string of the molecule is COCC(=O)Cl.O=CO[O-].[2H]C1([2H])c2cc(F)ccc2[C@H](C(C)C)[C@@](O)(CCN(C)CCCc2nc3ccccc3[nH]2)C1([2H])[2H].[2H]C1([2H])c2cc(F)ccc2[C@H](C(C)C)[C@](CCNCCCc2nc3ccccc3[nH]2)(OC(=O)COC)C1([2H])[2H].[H-].[K+].[K+]. The third-order valence-electron chi connectivity index (χ3n) is 12.9. The number of ether oxygens (including phenoxy) is 3. The van der Waals surface area contributed by atoms with E-state index in [9.17, 15) is 23.5 Å². The molecule has 0 bridgehead atoms. The predicted octanol–water partition coefficient (Wildman–Crippen LogP) is 2.96. The first-order valence-corrected chi connectivity index (χ1v) is 25.6. The van der Waals surface area contributed by atoms with E-state index in [1.165, 1.54) is 38.5 Å². The Kier molecular flexibility index (Phi) is 26.2. The fourth-order valence-electron chi connectivity index (χ4n) is 9.69. The average molecular weight is 1160 g/mol. The summed E-state index contributed by atoms with van der Waals surface area (Å²) >= 11 is 4.81. The first-order valence-electron chi connectivity index (χ1n) is 29.2. The van der Waals surface area contributed by atoms with Gasteiger partial charge in [-0.25, -0.2) is 23.5 Å². The van der Waals surface area contributed by atoms with Crippen LogP contribution in [0.1, 0.15) is 124 Å². The molecule has 2 heterocycles. The second kappa shape index (κ2) is 35.6. The fourth-order valence-corrected chi connectivity index (χ4v) is 9.80. The summed E-state index contributed by atoms with van der Waals surface area (Å²) in [4.78, 5) is 51.6. The molecule has 0 saturated carbocycles. The van der Waals surface area contributed by atoms with Crippen molar-refractivity contribution in [1.82, 2.24) is 30.2 Å². The molecule has 0 amide bonds. The zero-order chi connectivity index (χ0) is 62.4. The van der Waals surface area contributed by atoms with Crippen molar-refractivity contribution in [1.29, 1.82) is 0 Å². The van der Waals surface area contributed by atoms with Gasteiger partial charge in [0, 0.05) is 62.8 Å². The van der Waals surface area contributed by atoms with E-state index in [2.05, 4.69) is 34.9 Å². The number of aliphatic hydroxyl groups is 1. The molecule has 2 aliphatic rings. The maximum Gasteiger partial charge on any atom is 1.00 e. The molecular weight excluding hydrogens is 1080 g/mol. The zero-order valence-corrected chi connectivity index (χ0v) is 53.1. The standard InChI is InChI=1S/C28H36FN3O3.C26H34FN3O.C3H5ClO2.CH2O3.2K.H/c1-19(2)27-22-11-10-21(29)17-20(22)12-13-28(27,35-26(33)18-34-3)14-16-30-15-6-9-25-31-23-7-4-5-8-24(23)32-25;1-18(2)25-21-11-10-20(27)17-19(21)12-13-26(25,31)14-16-30(3)15-6-9-24-28-22-7-4-5-8-23(22)29-24;1-6-2-3(4)5;2-1-4-3;;;/h4-5,7-8,10-11,17,19,27,30H,6,9,12-16,18H2,1-3H3,(H,31,32);4-5,7-8,10-11,17-18,25,31H,6,9,12-16H2,1-3H3,(H,28,29);2H2,1H3;1,3H;;;/q;;;;2*+1;-1/p-1/t27-,28-;25-,26-;;;;;/m00...../s1/i2*12D2,13D2;;;;;. The molecule has 0 radical (unpaired) electrons. The van der Waals surface area contributed by atoms with Gasteiger partial charge in [-0.15, -0.1) is 0 Å². The number of aromatic amines is 2. The molecule has 0 fully saturated rings. The van der Waals surface area contributed by atoms with Crippen molar-refractivity contribution in [2.24, 2.45) is 11.8 Å². The van der Waals surface area contributed by atoms with Crippen molar-refractivity contribution >= 4 is 51.4 Å². The number of H-pyrrole nitrogens is 2. The number of halogens is 3. The smallest absolute Gasteiger partial charge is 1.00 e. The summed E-state index contributed by atoms with van der Waals surface area (Å²) in [6.07, 6.45) is -7.29. The Morgan fingerprint density at radius 1 is 0.821 bits per heavy atom. The van der Waals surface area contributed by atoms with Gasteiger partial charge in [-0.05, 0) is 166 Å². The van der Waals surface area contributed by atoms with Gasteiger partial charge in [-0.2, -0.15) is 0 Å². The Morgan fingerprint density at radius 2 is 1.33 bits per heavy atom. The zero-order valence-electron chi connectivity index (χ0n) is 55.1. The normalized spacial score (nSPS) is 22.3. The van der Waals surface area contributed by atoms with Gasteiger partial charge >= 0.3 is 109 Å². The minimum absolute atomic E-state index is 0. The molecule has 78 heavy (non-hydrogen) atoms. The van der Waals surface area contributed by atoms with Gasteiger partial charge in [-0.3, -0.25) is 9.59 Å². The monoisotopic (exact) mass is 1160 g/mol. The molecule has 2 aliphatic carbocycles. The second-order valence-corrected chi connectivity index (χ2v) is 19.7. The minimum Gasteiger partial charge on any atom is -1.00 e. The topological polar surface area (TPSA) is 204 Å². The Labute approximate surface area is 560 Å². The van der Waals surface area contributed by atoms with E-state index in [1.54, 1.807) is 0 Å². The van der Waals surface area contributed by atoms with Gasteiger partial charge in [0.05, 0.1) is 27.7 Å². The molecule has 2 aromatic heterocycles. The predicted molar refractivity (Wildman–Crippen MR) is 290 cm³/mol. The Hall–Kier alpha value is -2.39. The molecule has 0 saturated heterocycles. The molecule has 4 aromatic carbocycles. The first kappa shape index (κ1) is 57.4. The number of nitrogens with one attached hydrogen (secondary N) is 3. The molecule has 0 aliphatic heterocycles. The first-order chi connectivity index (χ1) is 39.5. The molecule has 0 unspecified atom stereocenters. The van der Waals surface area contributed by atoms with Crippen LogP contribution in [0.5, 0.6) is 0 Å². The van der Waals surface area contributed by atoms with Crippen LogP contribution in [0.15, 0.2) is 84.9 Å². The summed E-state index contributed by atoms with van der Waals surface area (Å²) in [5.74, 6) is -2.05. The molecule has 4 atom stereocenters. The van der Waals surface area contributed by atoms with Gasteiger partial charge in [0.2, 0.25) is 5.24 Å². The number of imidazole rings is 2. The van der Waals surface area contributed by atoms with Gasteiger partial charge < -0.3 is 51.1 Å². The van der Waals surface area contributed by atoms with Gasteiger partial charge in [-0.1, -0.05) is 64.1 Å². The van der Waals surface area contributed by atoms with E-state index in [0.717, 1.165) is 71.7 Å². The van der Waals surface area contributed by atoms with Crippen LogP contribution < -0.4 is 113 Å². The number of esters is 1. The van der Waals surface area contributed by atoms with Crippen molar-refractivity contribution in [2.45, 2.75) is 115 Å². The van der Waals surface area contributed by atoms with E-state index >= 15 is 0 Å². The van der Waals surface area contributed by atoms with E-state index < -0.39 is 78.0 Å². The molecule has 8 rings (SSSR count). The van der Waals surface area contributed by atoms with Crippen LogP contribution >= 0.6 is 11.6 Å². The van der Waals surface area contributed by atoms with Crippen molar-refractivity contribution in [3.05, 3.63) is 130 Å². The number of methoxy groups -OCH3 is 2. The number of carbonyl (C=O) groups is 3.